The van der Waals surface area contributed by atoms with Crippen LogP contribution in [-0.4, -0.2) is 115 Å². The third-order valence-electron chi connectivity index (χ3n) is 31.0. The molecule has 2 heterocycles. The Bertz CT molecular complexity index is 3490. The van der Waals surface area contributed by atoms with Crippen molar-refractivity contribution >= 4 is 5.78 Å². The van der Waals surface area contributed by atoms with E-state index >= 15 is 0 Å². The summed E-state index contributed by atoms with van der Waals surface area (Å²) in [5, 5.41) is 84.0. The predicted octanol–water partition coefficient (Wildman–Crippen LogP) is 14.4. The van der Waals surface area contributed by atoms with Gasteiger partial charge in [0.2, 0.25) is 0 Å². The van der Waals surface area contributed by atoms with Gasteiger partial charge in [0.1, 0.15) is 23.0 Å². The molecule has 0 bridgehead atoms. The first-order chi connectivity index (χ1) is 46.7. The number of rotatable bonds is 4. The quantitative estimate of drug-likeness (QED) is 0.0956. The van der Waals surface area contributed by atoms with Gasteiger partial charge in [-0.2, -0.15) is 0 Å². The van der Waals surface area contributed by atoms with Gasteiger partial charge in [0.15, 0.2) is 11.6 Å². The lowest BCUT2D eigenvalue weighted by Crippen LogP contribution is -2.53. The van der Waals surface area contributed by atoms with Gasteiger partial charge in [-0.3, -0.25) is 4.79 Å². The van der Waals surface area contributed by atoms with Crippen LogP contribution in [0.4, 0.5) is 0 Å². The molecule has 25 atom stereocenters. The van der Waals surface area contributed by atoms with Gasteiger partial charge >= 0.3 is 0 Å². The van der Waals surface area contributed by atoms with Crippen LogP contribution in [0.15, 0.2) is 72.8 Å². The largest absolute Gasteiger partial charge is 0.508 e. The molecule has 0 radical (unpaired) electrons. The van der Waals surface area contributed by atoms with Gasteiger partial charge in [0, 0.05) is 41.4 Å². The number of ether oxygens (including phenoxy) is 4. The van der Waals surface area contributed by atoms with E-state index in [2.05, 4.69) is 66.7 Å². The van der Waals surface area contributed by atoms with Gasteiger partial charge in [-0.15, -0.1) is 0 Å². The van der Waals surface area contributed by atoms with Crippen molar-refractivity contribution in [2.45, 2.75) is 256 Å². The van der Waals surface area contributed by atoms with Crippen LogP contribution in [-0.2, 0) is 49.4 Å². The average molecular weight is 1350 g/mol. The van der Waals surface area contributed by atoms with Crippen molar-refractivity contribution in [2.24, 2.45) is 92.7 Å². The lowest BCUT2D eigenvalue weighted by molar-refractivity contribution is -0.217. The van der Waals surface area contributed by atoms with E-state index in [0.717, 1.165) is 103 Å². The number of ketones is 1. The highest BCUT2D eigenvalue weighted by Gasteiger charge is 2.66. The van der Waals surface area contributed by atoms with E-state index in [1.54, 1.807) is 25.1 Å². The molecular formula is C85H116O13. The molecule has 14 aliphatic rings. The fraction of sp³-hybridized carbons (Fsp3) is 0.706. The molecule has 13 nitrogen and oxygen atoms in total. The normalized spacial score (nSPS) is 43.1. The highest BCUT2D eigenvalue weighted by Crippen LogP contribution is 2.69. The number of phenols is 3. The summed E-state index contributed by atoms with van der Waals surface area (Å²) < 4.78 is 24.2. The first-order valence-electron chi connectivity index (χ1n) is 38.7. The van der Waals surface area contributed by atoms with E-state index in [1.165, 1.54) is 75.8 Å². The number of phenolic OH excluding ortho intramolecular Hbond substituents is 3. The molecule has 0 spiro atoms. The Balaban J connectivity index is 0.000000107. The molecule has 4 aromatic rings. The second-order valence-electron chi connectivity index (χ2n) is 35.7. The lowest BCUT2D eigenvalue weighted by atomic mass is 9.52. The standard InChI is InChI=1S/C23H32O3.C22H30O4.C20H28O3.C20H26O3/c1-14-4-6-16-15(12-14)5-7-17-18-8-9-20(23(3)25-10-11-26-23)22(18,2)13-19(24)21(16)17;1-21-12-18(24)20-15-6-4-14(23)11-13(15)3-5-16(20)17(21)7-8-19(21)22(2)25-9-10-26-22;2*1-11(21)16-7-8-17-15-5-3-12-9-13(22)4-6-14(12)19(15)18(23)10-20(16,17)2/h4,6,12,17-21,24H,5,7-11,13H2,1-3H3;4,6,11,16-20,23-24H,3,5,7-10,12H2,1-2H3;4,6,9,11,15-19,21-23H,3,5,7-8,10H2,1-2H3;4,6,9,15-19,22-23H,3,5,7-8,10H2,1-2H3/t17?,18?,19-,20?,21?,22-;16?,17?,18-,19?,20?,21-;11?,15?,16?,17?,18-,19?,20+;15?,16?,17?,18-,19?,20+/m0000/s1. The molecule has 8 N–H and O–H groups in total. The predicted molar refractivity (Wildman–Crippen MR) is 376 cm³/mol. The van der Waals surface area contributed by atoms with Crippen LogP contribution in [0.3, 0.4) is 0 Å². The second kappa shape index (κ2) is 25.8. The van der Waals surface area contributed by atoms with E-state index in [4.69, 9.17) is 18.9 Å². The Hall–Kier alpha value is -4.41. The van der Waals surface area contributed by atoms with E-state index < -0.39 is 11.6 Å². The van der Waals surface area contributed by atoms with E-state index in [0.29, 0.717) is 120 Å². The average Bonchev–Trinajstić information content (AvgIpc) is 1.49. The zero-order valence-electron chi connectivity index (χ0n) is 60.1. The molecule has 13 heteroatoms. The summed E-state index contributed by atoms with van der Waals surface area (Å²) in [5.74, 6) is 6.83. The summed E-state index contributed by atoms with van der Waals surface area (Å²) >= 11 is 0. The number of aliphatic hydroxyl groups excluding tert-OH is 5. The van der Waals surface area contributed by atoms with Crippen LogP contribution in [0.25, 0.3) is 0 Å². The van der Waals surface area contributed by atoms with Crippen LogP contribution in [0.5, 0.6) is 17.2 Å². The fourth-order valence-electron chi connectivity index (χ4n) is 27.4. The van der Waals surface area contributed by atoms with Gasteiger partial charge in [0.25, 0.3) is 0 Å². The number of hydrogen-bond donors (Lipinski definition) is 8. The van der Waals surface area contributed by atoms with Gasteiger partial charge in [-0.1, -0.05) is 69.7 Å². The molecule has 2 saturated heterocycles. The Morgan fingerprint density at radius 1 is 0.418 bits per heavy atom. The number of aliphatic hydroxyl groups is 5. The number of hydrogen-bond acceptors (Lipinski definition) is 13. The molecule has 18 rings (SSSR count). The van der Waals surface area contributed by atoms with Crippen LogP contribution < -0.4 is 0 Å². The number of fused-ring (bicyclic) bond motifs is 20. The van der Waals surface area contributed by atoms with Crippen LogP contribution in [0, 0.1) is 99.6 Å². The topological polar surface area (TPSA) is 216 Å². The maximum absolute atomic E-state index is 12.1. The number of carbonyl (C=O) groups excluding carboxylic acids is 1. The Labute approximate surface area is 583 Å². The molecule has 8 saturated carbocycles. The smallest absolute Gasteiger partial charge is 0.169 e. The van der Waals surface area contributed by atoms with Crippen molar-refractivity contribution in [1.29, 1.82) is 0 Å². The van der Waals surface area contributed by atoms with E-state index in [9.17, 15) is 45.6 Å². The van der Waals surface area contributed by atoms with Crippen LogP contribution >= 0.6 is 0 Å². The van der Waals surface area contributed by atoms with Gasteiger partial charge in [0.05, 0.1) is 56.9 Å². The van der Waals surface area contributed by atoms with Gasteiger partial charge in [-0.25, -0.2) is 0 Å². The summed E-state index contributed by atoms with van der Waals surface area (Å²) in [6.45, 7) is 22.1. The molecule has 17 unspecified atom stereocenters. The minimum Gasteiger partial charge on any atom is -0.508 e. The van der Waals surface area contributed by atoms with E-state index in [-0.39, 0.29) is 75.9 Å². The zero-order valence-corrected chi connectivity index (χ0v) is 60.1. The van der Waals surface area contributed by atoms with Crippen molar-refractivity contribution in [3.63, 3.8) is 0 Å². The molecule has 10 fully saturated rings. The molecule has 2 aliphatic heterocycles. The highest BCUT2D eigenvalue weighted by molar-refractivity contribution is 5.79. The fourth-order valence-corrected chi connectivity index (χ4v) is 27.4. The van der Waals surface area contributed by atoms with Crippen LogP contribution in [0.1, 0.15) is 232 Å². The minimum atomic E-state index is -0.492. The SMILES string of the molecule is CC(=O)C1CCC2C3CCc4cc(O)ccc4C3[C@@H](O)C[C@]12C.CC(O)C1CCC2C3CCc4cc(O)ccc4C3[C@@H](O)C[C@]12C.CC1(C2CCC3C4CCc5cc(O)ccc5C4[C@@H](O)C[C@@]32C)OCCO1.Cc1ccc2c(c1)CCC1C2[C@@H](O)C[C@@]2(C)C1CCC2C1(C)OCCO1. The maximum atomic E-state index is 12.1. The molecule has 98 heavy (non-hydrogen) atoms. The first-order valence-corrected chi connectivity index (χ1v) is 38.7. The Kier molecular flexibility index (Phi) is 18.2. The van der Waals surface area contributed by atoms with E-state index in [1.807, 2.05) is 43.3 Å². The summed E-state index contributed by atoms with van der Waals surface area (Å²) in [7, 11) is 0. The summed E-state index contributed by atoms with van der Waals surface area (Å²) in [4.78, 5) is 12.1. The Morgan fingerprint density at radius 3 is 1.11 bits per heavy atom. The summed E-state index contributed by atoms with van der Waals surface area (Å²) in [6, 6.07) is 23.8. The van der Waals surface area contributed by atoms with Crippen LogP contribution in [0.2, 0.25) is 0 Å². The molecule has 0 aromatic heterocycles. The lowest BCUT2D eigenvalue weighted by Gasteiger charge is -2.54. The molecule has 4 aromatic carbocycles. The molecule has 0 amide bonds. The molecule has 12 aliphatic carbocycles. The monoisotopic (exact) mass is 1340 g/mol. The van der Waals surface area contributed by atoms with Crippen molar-refractivity contribution in [3.05, 3.63) is 123 Å². The number of benzene rings is 4. The Morgan fingerprint density at radius 2 is 0.735 bits per heavy atom. The van der Waals surface area contributed by atoms with Gasteiger partial charge in [-0.05, 0) is 319 Å². The van der Waals surface area contributed by atoms with Gasteiger partial charge < -0.3 is 59.8 Å². The van der Waals surface area contributed by atoms with Crippen molar-refractivity contribution in [1.82, 2.24) is 0 Å². The number of aromatic hydroxyl groups is 3. The third kappa shape index (κ3) is 11.3. The first kappa shape index (κ1) is 69.3. The zero-order chi connectivity index (χ0) is 68.9. The maximum Gasteiger partial charge on any atom is 0.169 e. The molecular weight excluding hydrogens is 1230 g/mol. The molecule has 534 valence electrons. The summed E-state index contributed by atoms with van der Waals surface area (Å²) in [5.41, 5.74) is 11.8. The van der Waals surface area contributed by atoms with Crippen molar-refractivity contribution in [3.8, 4) is 17.2 Å². The number of Topliss-reactive ketones (excluding diaryl/α,β-unsaturated/α-hetero) is 1. The third-order valence-corrected chi connectivity index (χ3v) is 31.0. The minimum absolute atomic E-state index is 0.0408. The number of carbonyl (C=O) groups is 1. The highest BCUT2D eigenvalue weighted by atomic mass is 16.7. The second-order valence-corrected chi connectivity index (χ2v) is 35.7. The number of aryl methyl sites for hydroxylation is 5. The summed E-state index contributed by atoms with van der Waals surface area (Å²) in [6.07, 6.45) is 19.2. The van der Waals surface area contributed by atoms with Crippen molar-refractivity contribution in [2.75, 3.05) is 26.4 Å². The van der Waals surface area contributed by atoms with Crippen molar-refractivity contribution < 1.29 is 64.6 Å².